The van der Waals surface area contributed by atoms with Crippen molar-refractivity contribution < 1.29 is 9.90 Å². The Morgan fingerprint density at radius 2 is 1.93 bits per heavy atom. The topological polar surface area (TPSA) is 40.5 Å². The van der Waals surface area contributed by atoms with Gasteiger partial charge < -0.3 is 10.0 Å². The van der Waals surface area contributed by atoms with Crippen LogP contribution in [-0.2, 0) is 0 Å². The minimum atomic E-state index is -0.881. The molecule has 0 aromatic heterocycles. The quantitative estimate of drug-likeness (QED) is 0.828. The van der Waals surface area contributed by atoms with Crippen LogP contribution < -0.4 is 4.90 Å². The lowest BCUT2D eigenvalue weighted by Crippen LogP contribution is -2.13. The molecule has 1 aromatic rings. The standard InChI is InChI=1S/C12H17NO2/c1-8(2)10-6-5-9(12(14)15)7-11(10)13(3)4/h5-8H,1-4H3,(H,14,15). The highest BCUT2D eigenvalue weighted by molar-refractivity contribution is 5.89. The van der Waals surface area contributed by atoms with Crippen LogP contribution in [0.4, 0.5) is 5.69 Å². The molecular weight excluding hydrogens is 190 g/mol. The maximum absolute atomic E-state index is 10.8. The van der Waals surface area contributed by atoms with E-state index >= 15 is 0 Å². The Morgan fingerprint density at radius 1 is 1.33 bits per heavy atom. The van der Waals surface area contributed by atoms with E-state index in [-0.39, 0.29) is 0 Å². The third-order valence-corrected chi connectivity index (χ3v) is 2.38. The lowest BCUT2D eigenvalue weighted by Gasteiger charge is -2.20. The van der Waals surface area contributed by atoms with Crippen LogP contribution in [0.5, 0.6) is 0 Å². The molecular formula is C12H17NO2. The first-order valence-corrected chi connectivity index (χ1v) is 4.98. The van der Waals surface area contributed by atoms with Crippen molar-refractivity contribution in [2.45, 2.75) is 19.8 Å². The largest absolute Gasteiger partial charge is 0.478 e. The first kappa shape index (κ1) is 11.6. The first-order valence-electron chi connectivity index (χ1n) is 4.98. The molecule has 0 bridgehead atoms. The highest BCUT2D eigenvalue weighted by Crippen LogP contribution is 2.27. The molecule has 1 aromatic carbocycles. The van der Waals surface area contributed by atoms with Gasteiger partial charge in [-0.15, -0.1) is 0 Å². The molecule has 1 N–H and O–H groups in total. The molecule has 0 saturated heterocycles. The Labute approximate surface area is 90.3 Å². The summed E-state index contributed by atoms with van der Waals surface area (Å²) in [5.74, 6) is -0.487. The van der Waals surface area contributed by atoms with Crippen LogP contribution in [0.1, 0.15) is 35.7 Å². The smallest absolute Gasteiger partial charge is 0.335 e. The number of anilines is 1. The lowest BCUT2D eigenvalue weighted by molar-refractivity contribution is 0.0697. The molecule has 0 aliphatic rings. The van der Waals surface area contributed by atoms with E-state index in [0.717, 1.165) is 5.69 Å². The van der Waals surface area contributed by atoms with E-state index in [2.05, 4.69) is 13.8 Å². The molecule has 0 aliphatic heterocycles. The number of hydrogen-bond donors (Lipinski definition) is 1. The molecule has 15 heavy (non-hydrogen) atoms. The van der Waals surface area contributed by atoms with E-state index in [1.54, 1.807) is 12.1 Å². The Hall–Kier alpha value is -1.51. The van der Waals surface area contributed by atoms with Crippen molar-refractivity contribution >= 4 is 11.7 Å². The summed E-state index contributed by atoms with van der Waals surface area (Å²) >= 11 is 0. The molecule has 0 radical (unpaired) electrons. The number of hydrogen-bond acceptors (Lipinski definition) is 2. The fourth-order valence-corrected chi connectivity index (χ4v) is 1.55. The van der Waals surface area contributed by atoms with Crippen molar-refractivity contribution in [2.24, 2.45) is 0 Å². The fourth-order valence-electron chi connectivity index (χ4n) is 1.55. The summed E-state index contributed by atoms with van der Waals surface area (Å²) in [4.78, 5) is 12.8. The number of benzene rings is 1. The third-order valence-electron chi connectivity index (χ3n) is 2.38. The van der Waals surface area contributed by atoms with E-state index in [9.17, 15) is 4.79 Å². The molecule has 3 nitrogen and oxygen atoms in total. The van der Waals surface area contributed by atoms with Gasteiger partial charge in [0.1, 0.15) is 0 Å². The number of carbonyl (C=O) groups is 1. The van der Waals surface area contributed by atoms with Crippen molar-refractivity contribution in [1.29, 1.82) is 0 Å². The minimum absolute atomic E-state index is 0.336. The van der Waals surface area contributed by atoms with E-state index in [0.29, 0.717) is 11.5 Å². The maximum Gasteiger partial charge on any atom is 0.335 e. The van der Waals surface area contributed by atoms with Crippen LogP contribution in [0.25, 0.3) is 0 Å². The van der Waals surface area contributed by atoms with Crippen LogP contribution in [-0.4, -0.2) is 25.2 Å². The van der Waals surface area contributed by atoms with Gasteiger partial charge in [0.15, 0.2) is 0 Å². The van der Waals surface area contributed by atoms with Gasteiger partial charge in [0.25, 0.3) is 0 Å². The highest BCUT2D eigenvalue weighted by atomic mass is 16.4. The predicted molar refractivity (Wildman–Crippen MR) is 61.8 cm³/mol. The summed E-state index contributed by atoms with van der Waals surface area (Å²) in [5, 5.41) is 8.90. The monoisotopic (exact) mass is 207 g/mol. The van der Waals surface area contributed by atoms with Crippen molar-refractivity contribution in [3.63, 3.8) is 0 Å². The van der Waals surface area contributed by atoms with Gasteiger partial charge in [0.2, 0.25) is 0 Å². The second-order valence-electron chi connectivity index (χ2n) is 4.13. The molecule has 0 fully saturated rings. The summed E-state index contributed by atoms with van der Waals surface area (Å²) in [5.41, 5.74) is 2.48. The van der Waals surface area contributed by atoms with E-state index in [1.807, 2.05) is 25.1 Å². The van der Waals surface area contributed by atoms with Gasteiger partial charge in [-0.05, 0) is 23.6 Å². The Bertz CT molecular complexity index is 370. The number of nitrogens with zero attached hydrogens (tertiary/aromatic N) is 1. The summed E-state index contributed by atoms with van der Waals surface area (Å²) in [6, 6.07) is 5.27. The van der Waals surface area contributed by atoms with E-state index < -0.39 is 5.97 Å². The number of rotatable bonds is 3. The average Bonchev–Trinajstić information content (AvgIpc) is 2.16. The van der Waals surface area contributed by atoms with Gasteiger partial charge in [-0.3, -0.25) is 0 Å². The van der Waals surface area contributed by atoms with Gasteiger partial charge in [-0.2, -0.15) is 0 Å². The molecule has 0 heterocycles. The van der Waals surface area contributed by atoms with Crippen LogP contribution in [0.2, 0.25) is 0 Å². The molecule has 1 rings (SSSR count). The first-order chi connectivity index (χ1) is 6.93. The molecule has 0 atom stereocenters. The Morgan fingerprint density at radius 3 is 2.33 bits per heavy atom. The zero-order valence-corrected chi connectivity index (χ0v) is 9.61. The molecule has 0 amide bonds. The van der Waals surface area contributed by atoms with Crippen LogP contribution in [0.3, 0.4) is 0 Å². The molecule has 0 spiro atoms. The van der Waals surface area contributed by atoms with Crippen LogP contribution in [0, 0.1) is 0 Å². The molecule has 0 aliphatic carbocycles. The predicted octanol–water partition coefficient (Wildman–Crippen LogP) is 2.57. The van der Waals surface area contributed by atoms with Gasteiger partial charge >= 0.3 is 5.97 Å². The number of aromatic carboxylic acids is 1. The SMILES string of the molecule is CC(C)c1ccc(C(=O)O)cc1N(C)C. The normalized spacial score (nSPS) is 10.5. The van der Waals surface area contributed by atoms with Gasteiger partial charge in [-0.25, -0.2) is 4.79 Å². The maximum atomic E-state index is 10.8. The molecule has 82 valence electrons. The lowest BCUT2D eigenvalue weighted by atomic mass is 9.98. The van der Waals surface area contributed by atoms with Crippen LogP contribution in [0.15, 0.2) is 18.2 Å². The van der Waals surface area contributed by atoms with Crippen LogP contribution >= 0.6 is 0 Å². The second-order valence-corrected chi connectivity index (χ2v) is 4.13. The fraction of sp³-hybridized carbons (Fsp3) is 0.417. The van der Waals surface area contributed by atoms with Gasteiger partial charge in [-0.1, -0.05) is 19.9 Å². The molecule has 0 saturated carbocycles. The zero-order chi connectivity index (χ0) is 11.6. The Kier molecular flexibility index (Phi) is 3.35. The van der Waals surface area contributed by atoms with E-state index in [1.165, 1.54) is 5.56 Å². The summed E-state index contributed by atoms with van der Waals surface area (Å²) in [6.45, 7) is 4.20. The summed E-state index contributed by atoms with van der Waals surface area (Å²) in [7, 11) is 3.85. The Balaban J connectivity index is 3.27. The minimum Gasteiger partial charge on any atom is -0.478 e. The molecule has 0 unspecified atom stereocenters. The van der Waals surface area contributed by atoms with Crippen molar-refractivity contribution in [1.82, 2.24) is 0 Å². The molecule has 3 heteroatoms. The summed E-state index contributed by atoms with van der Waals surface area (Å²) in [6.07, 6.45) is 0. The highest BCUT2D eigenvalue weighted by Gasteiger charge is 2.11. The van der Waals surface area contributed by atoms with Gasteiger partial charge in [0, 0.05) is 19.8 Å². The van der Waals surface area contributed by atoms with Gasteiger partial charge in [0.05, 0.1) is 5.56 Å². The van der Waals surface area contributed by atoms with Crippen molar-refractivity contribution in [2.75, 3.05) is 19.0 Å². The second kappa shape index (κ2) is 4.34. The van der Waals surface area contributed by atoms with Crippen molar-refractivity contribution in [3.05, 3.63) is 29.3 Å². The van der Waals surface area contributed by atoms with Crippen molar-refractivity contribution in [3.8, 4) is 0 Å². The van der Waals surface area contributed by atoms with E-state index in [4.69, 9.17) is 5.11 Å². The average molecular weight is 207 g/mol. The number of carboxylic acids is 1. The number of carboxylic acid groups (broad SMARTS) is 1. The zero-order valence-electron chi connectivity index (χ0n) is 9.61. The summed E-state index contributed by atoms with van der Waals surface area (Å²) < 4.78 is 0. The third kappa shape index (κ3) is 2.49.